The van der Waals surface area contributed by atoms with Gasteiger partial charge in [-0.2, -0.15) is 4.80 Å². The van der Waals surface area contributed by atoms with E-state index in [4.69, 9.17) is 11.6 Å². The maximum Gasteiger partial charge on any atom is 0.246 e. The first-order valence-electron chi connectivity index (χ1n) is 7.73. The molecule has 1 N–H and O–H groups in total. The largest absolute Gasteiger partial charge is 0.350 e. The van der Waals surface area contributed by atoms with Crippen molar-refractivity contribution in [1.29, 1.82) is 0 Å². The minimum absolute atomic E-state index is 0.0395. The van der Waals surface area contributed by atoms with Gasteiger partial charge in [-0.25, -0.2) is 0 Å². The van der Waals surface area contributed by atoms with Crippen molar-refractivity contribution in [2.45, 2.75) is 32.9 Å². The van der Waals surface area contributed by atoms with Gasteiger partial charge in [0.2, 0.25) is 17.6 Å². The van der Waals surface area contributed by atoms with Crippen LogP contribution in [-0.2, 0) is 16.1 Å². The van der Waals surface area contributed by atoms with Crippen LogP contribution in [0.5, 0.6) is 0 Å². The van der Waals surface area contributed by atoms with Crippen LogP contribution in [-0.4, -0.2) is 56.1 Å². The van der Waals surface area contributed by atoms with Crippen molar-refractivity contribution < 1.29 is 9.59 Å². The van der Waals surface area contributed by atoms with Crippen LogP contribution in [0.4, 0.5) is 0 Å². The maximum atomic E-state index is 12.2. The van der Waals surface area contributed by atoms with Crippen LogP contribution in [0.25, 0.3) is 11.4 Å². The summed E-state index contributed by atoms with van der Waals surface area (Å²) >= 11 is 6.10. The summed E-state index contributed by atoms with van der Waals surface area (Å²) in [5.41, 5.74) is 0.291. The summed E-state index contributed by atoms with van der Waals surface area (Å²) in [6.07, 6.45) is 0. The van der Waals surface area contributed by atoms with Crippen molar-refractivity contribution in [3.8, 4) is 11.4 Å². The van der Waals surface area contributed by atoms with Crippen molar-refractivity contribution in [2.24, 2.45) is 0 Å². The number of benzene rings is 1. The van der Waals surface area contributed by atoms with Gasteiger partial charge < -0.3 is 10.2 Å². The molecule has 134 valence electrons. The van der Waals surface area contributed by atoms with Crippen LogP contribution in [0, 0.1) is 0 Å². The minimum Gasteiger partial charge on any atom is -0.350 e. The Morgan fingerprint density at radius 1 is 1.28 bits per heavy atom. The van der Waals surface area contributed by atoms with Crippen molar-refractivity contribution >= 4 is 23.4 Å². The van der Waals surface area contributed by atoms with Crippen LogP contribution < -0.4 is 5.32 Å². The van der Waals surface area contributed by atoms with Gasteiger partial charge in [0.15, 0.2) is 0 Å². The Hall–Kier alpha value is -2.48. The van der Waals surface area contributed by atoms with Crippen molar-refractivity contribution in [3.63, 3.8) is 0 Å². The molecule has 0 saturated heterocycles. The topological polar surface area (TPSA) is 93.0 Å². The van der Waals surface area contributed by atoms with E-state index in [1.807, 2.05) is 26.8 Å². The summed E-state index contributed by atoms with van der Waals surface area (Å²) in [6.45, 7) is 5.48. The predicted molar refractivity (Wildman–Crippen MR) is 93.8 cm³/mol. The van der Waals surface area contributed by atoms with Gasteiger partial charge >= 0.3 is 0 Å². The predicted octanol–water partition coefficient (Wildman–Crippen LogP) is 1.37. The fraction of sp³-hybridized carbons (Fsp3) is 0.438. The van der Waals surface area contributed by atoms with Gasteiger partial charge in [-0.15, -0.1) is 10.2 Å². The van der Waals surface area contributed by atoms with Gasteiger partial charge in [0, 0.05) is 18.2 Å². The second-order valence-electron chi connectivity index (χ2n) is 6.67. The van der Waals surface area contributed by atoms with Gasteiger partial charge in [-0.3, -0.25) is 9.59 Å². The van der Waals surface area contributed by atoms with Gasteiger partial charge in [-0.1, -0.05) is 23.7 Å². The fourth-order valence-electron chi connectivity index (χ4n) is 2.06. The summed E-state index contributed by atoms with van der Waals surface area (Å²) in [5, 5.41) is 15.3. The lowest BCUT2D eigenvalue weighted by Crippen LogP contribution is -2.46. The van der Waals surface area contributed by atoms with Crippen molar-refractivity contribution in [2.75, 3.05) is 13.6 Å². The summed E-state index contributed by atoms with van der Waals surface area (Å²) in [5.74, 6) is -0.189. The highest BCUT2D eigenvalue weighted by molar-refractivity contribution is 6.33. The molecule has 0 aliphatic rings. The smallest absolute Gasteiger partial charge is 0.246 e. The highest BCUT2D eigenvalue weighted by atomic mass is 35.5. The van der Waals surface area contributed by atoms with Gasteiger partial charge in [0.05, 0.1) is 11.6 Å². The average Bonchev–Trinajstić information content (AvgIpc) is 2.93. The van der Waals surface area contributed by atoms with E-state index in [0.717, 1.165) is 0 Å². The first-order valence-corrected chi connectivity index (χ1v) is 8.11. The van der Waals surface area contributed by atoms with Crippen LogP contribution in [0.15, 0.2) is 24.3 Å². The number of aromatic nitrogens is 4. The zero-order valence-electron chi connectivity index (χ0n) is 14.7. The van der Waals surface area contributed by atoms with Crippen LogP contribution in [0.3, 0.4) is 0 Å². The number of carbonyl (C=O) groups excluding carboxylic acids is 2. The SMILES string of the molecule is CN(CC(=O)NC(C)(C)C)C(=O)Cn1nnc(-c2ccccc2Cl)n1. The summed E-state index contributed by atoms with van der Waals surface area (Å²) in [6, 6.07) is 7.12. The Morgan fingerprint density at radius 2 is 1.96 bits per heavy atom. The third-order valence-electron chi connectivity index (χ3n) is 3.17. The van der Waals surface area contributed by atoms with E-state index in [1.165, 1.54) is 9.70 Å². The summed E-state index contributed by atoms with van der Waals surface area (Å²) < 4.78 is 0. The molecule has 0 atom stereocenters. The molecule has 0 saturated carbocycles. The van der Waals surface area contributed by atoms with E-state index in [1.54, 1.807) is 25.2 Å². The Labute approximate surface area is 151 Å². The van der Waals surface area contributed by atoms with Gasteiger partial charge in [0.25, 0.3) is 0 Å². The van der Waals surface area contributed by atoms with Crippen LogP contribution in [0.1, 0.15) is 20.8 Å². The molecule has 0 aliphatic heterocycles. The molecule has 0 bridgehead atoms. The van der Waals surface area contributed by atoms with Crippen LogP contribution in [0.2, 0.25) is 5.02 Å². The number of rotatable bonds is 5. The normalized spacial score (nSPS) is 11.2. The fourth-order valence-corrected chi connectivity index (χ4v) is 2.28. The average molecular weight is 365 g/mol. The molecule has 1 aromatic heterocycles. The van der Waals surface area contributed by atoms with Gasteiger partial charge in [0.1, 0.15) is 6.54 Å². The Bertz CT molecular complexity index is 768. The van der Waals surface area contributed by atoms with E-state index >= 15 is 0 Å². The lowest BCUT2D eigenvalue weighted by atomic mass is 10.1. The van der Waals surface area contributed by atoms with E-state index in [0.29, 0.717) is 16.4 Å². The van der Waals surface area contributed by atoms with Crippen molar-refractivity contribution in [3.05, 3.63) is 29.3 Å². The van der Waals surface area contributed by atoms with Crippen LogP contribution >= 0.6 is 11.6 Å². The molecule has 0 aliphatic carbocycles. The molecule has 0 unspecified atom stereocenters. The number of carbonyl (C=O) groups is 2. The van der Waals surface area contributed by atoms with E-state index < -0.39 is 0 Å². The number of halogens is 1. The first-order chi connectivity index (χ1) is 11.7. The quantitative estimate of drug-likeness (QED) is 0.864. The molecule has 2 rings (SSSR count). The molecule has 0 radical (unpaired) electrons. The lowest BCUT2D eigenvalue weighted by molar-refractivity contribution is -0.136. The second kappa shape index (κ2) is 7.60. The number of hydrogen-bond acceptors (Lipinski definition) is 5. The lowest BCUT2D eigenvalue weighted by Gasteiger charge is -2.23. The van der Waals surface area contributed by atoms with Crippen molar-refractivity contribution in [1.82, 2.24) is 30.4 Å². The highest BCUT2D eigenvalue weighted by Crippen LogP contribution is 2.23. The molecule has 0 spiro atoms. The Morgan fingerprint density at radius 3 is 2.60 bits per heavy atom. The standard InChI is InChI=1S/C16H21ClN6O2/c1-16(2,3)18-13(24)9-22(4)14(25)10-23-20-15(19-21-23)11-7-5-6-8-12(11)17/h5-8H,9-10H2,1-4H3,(H,18,24). The third-order valence-corrected chi connectivity index (χ3v) is 3.49. The number of nitrogens with one attached hydrogen (secondary N) is 1. The zero-order chi connectivity index (χ0) is 18.6. The molecule has 9 heteroatoms. The molecule has 25 heavy (non-hydrogen) atoms. The van der Waals surface area contributed by atoms with E-state index in [2.05, 4.69) is 20.7 Å². The molecule has 2 aromatic rings. The minimum atomic E-state index is -0.349. The van der Waals surface area contributed by atoms with E-state index in [-0.39, 0.29) is 30.4 Å². The molecule has 1 aromatic carbocycles. The first kappa shape index (κ1) is 18.9. The molecule has 2 amide bonds. The molecular weight excluding hydrogens is 344 g/mol. The number of amides is 2. The number of likely N-dealkylation sites (N-methyl/N-ethyl adjacent to an activating group) is 1. The number of hydrogen-bond donors (Lipinski definition) is 1. The zero-order valence-corrected chi connectivity index (χ0v) is 15.4. The third kappa shape index (κ3) is 5.53. The Balaban J connectivity index is 1.97. The number of tetrazole rings is 1. The summed E-state index contributed by atoms with van der Waals surface area (Å²) in [4.78, 5) is 26.6. The molecule has 0 fully saturated rings. The van der Waals surface area contributed by atoms with E-state index in [9.17, 15) is 9.59 Å². The monoisotopic (exact) mass is 364 g/mol. The Kier molecular flexibility index (Phi) is 5.73. The van der Waals surface area contributed by atoms with Gasteiger partial charge in [-0.05, 0) is 38.1 Å². The molecule has 1 heterocycles. The highest BCUT2D eigenvalue weighted by Gasteiger charge is 2.19. The summed E-state index contributed by atoms with van der Waals surface area (Å²) in [7, 11) is 1.55. The second-order valence-corrected chi connectivity index (χ2v) is 7.08. The molecule has 8 nitrogen and oxygen atoms in total. The number of nitrogens with zero attached hydrogens (tertiary/aromatic N) is 5. The molecular formula is C16H21ClN6O2. The maximum absolute atomic E-state index is 12.2.